The molecular weight excluding hydrogens is 234 g/mol. The predicted octanol–water partition coefficient (Wildman–Crippen LogP) is 2.94. The fraction of sp³-hybridized carbons (Fsp3) is 0.462. The van der Waals surface area contributed by atoms with Gasteiger partial charge in [-0.25, -0.2) is 4.79 Å². The van der Waals surface area contributed by atoms with Crippen molar-refractivity contribution in [2.24, 2.45) is 5.92 Å². The summed E-state index contributed by atoms with van der Waals surface area (Å²) in [4.78, 5) is 11.8. The van der Waals surface area contributed by atoms with E-state index in [4.69, 9.17) is 4.42 Å². The van der Waals surface area contributed by atoms with E-state index in [0.717, 1.165) is 24.1 Å². The summed E-state index contributed by atoms with van der Waals surface area (Å²) >= 11 is 4.34. The third-order valence-electron chi connectivity index (χ3n) is 2.97. The number of nitrogens with zero attached hydrogens (tertiary/aromatic N) is 1. The van der Waals surface area contributed by atoms with Crippen molar-refractivity contribution in [3.05, 3.63) is 34.8 Å². The third kappa shape index (κ3) is 2.57. The number of aromatic nitrogens is 1. The Morgan fingerprint density at radius 1 is 1.41 bits per heavy atom. The highest BCUT2D eigenvalue weighted by molar-refractivity contribution is 7.80. The fourth-order valence-electron chi connectivity index (χ4n) is 2.09. The van der Waals surface area contributed by atoms with Gasteiger partial charge < -0.3 is 4.42 Å². The van der Waals surface area contributed by atoms with E-state index >= 15 is 0 Å². The highest BCUT2D eigenvalue weighted by atomic mass is 32.1. The Balaban J connectivity index is 2.34. The molecule has 92 valence electrons. The number of hydrogen-bond donors (Lipinski definition) is 1. The van der Waals surface area contributed by atoms with E-state index in [2.05, 4.69) is 19.6 Å². The molecule has 0 amide bonds. The third-order valence-corrected chi connectivity index (χ3v) is 3.49. The second kappa shape index (κ2) is 5.45. The first-order valence-corrected chi connectivity index (χ1v) is 6.58. The first kappa shape index (κ1) is 12.3. The van der Waals surface area contributed by atoms with E-state index in [1.165, 1.54) is 0 Å². The Morgan fingerprint density at radius 2 is 2.18 bits per heavy atom. The molecule has 0 aliphatic carbocycles. The van der Waals surface area contributed by atoms with E-state index in [0.29, 0.717) is 18.0 Å². The largest absolute Gasteiger partial charge is 0.419 e. The summed E-state index contributed by atoms with van der Waals surface area (Å²) in [6, 6.07) is 7.53. The van der Waals surface area contributed by atoms with Crippen molar-refractivity contribution in [3.8, 4) is 0 Å². The zero-order valence-electron chi connectivity index (χ0n) is 9.93. The van der Waals surface area contributed by atoms with Crippen LogP contribution in [0.15, 0.2) is 33.5 Å². The molecule has 1 heterocycles. The molecule has 0 N–H and O–H groups in total. The molecular formula is C13H17NO2S. The molecule has 17 heavy (non-hydrogen) atoms. The molecule has 0 radical (unpaired) electrons. The molecule has 0 spiro atoms. The van der Waals surface area contributed by atoms with Crippen molar-refractivity contribution < 1.29 is 4.42 Å². The second-order valence-corrected chi connectivity index (χ2v) is 4.65. The van der Waals surface area contributed by atoms with Crippen LogP contribution in [0.5, 0.6) is 0 Å². The summed E-state index contributed by atoms with van der Waals surface area (Å²) < 4.78 is 6.92. The van der Waals surface area contributed by atoms with Crippen LogP contribution >= 0.6 is 12.6 Å². The zero-order valence-corrected chi connectivity index (χ0v) is 10.8. The summed E-state index contributed by atoms with van der Waals surface area (Å²) in [5.41, 5.74) is 1.53. The molecule has 1 atom stereocenters. The lowest BCUT2D eigenvalue weighted by Crippen LogP contribution is -2.20. The summed E-state index contributed by atoms with van der Waals surface area (Å²) in [6.45, 7) is 2.83. The van der Waals surface area contributed by atoms with Gasteiger partial charge in [-0.1, -0.05) is 25.5 Å². The first-order chi connectivity index (χ1) is 8.26. The average Bonchev–Trinajstić information content (AvgIpc) is 2.65. The van der Waals surface area contributed by atoms with Gasteiger partial charge >= 0.3 is 5.76 Å². The summed E-state index contributed by atoms with van der Waals surface area (Å²) in [5.74, 6) is 0.941. The highest BCUT2D eigenvalue weighted by Crippen LogP contribution is 2.16. The van der Waals surface area contributed by atoms with Crippen molar-refractivity contribution in [2.45, 2.75) is 26.3 Å². The molecule has 4 heteroatoms. The van der Waals surface area contributed by atoms with E-state index in [1.807, 2.05) is 24.3 Å². The highest BCUT2D eigenvalue weighted by Gasteiger charge is 2.13. The Labute approximate surface area is 106 Å². The molecule has 1 aromatic heterocycles. The minimum absolute atomic E-state index is 0.269. The minimum atomic E-state index is -0.269. The number of benzene rings is 1. The van der Waals surface area contributed by atoms with Crippen LogP contribution in [0.4, 0.5) is 0 Å². The van der Waals surface area contributed by atoms with Crippen LogP contribution in [0.1, 0.15) is 19.8 Å². The number of para-hydroxylation sites is 2. The standard InChI is InChI=1S/C13H17NO2S/c1-2-5-10(9-17)8-14-11-6-3-4-7-12(11)16-13(14)15/h3-4,6-7,10,17H,2,5,8-9H2,1H3. The summed E-state index contributed by atoms with van der Waals surface area (Å²) in [5, 5.41) is 0. The molecule has 2 rings (SSSR count). The SMILES string of the molecule is CCCC(CS)Cn1c(=O)oc2ccccc21. The molecule has 0 aliphatic rings. The molecule has 0 saturated carbocycles. The molecule has 0 fully saturated rings. The van der Waals surface area contributed by atoms with Gasteiger partial charge in [-0.2, -0.15) is 12.6 Å². The zero-order chi connectivity index (χ0) is 12.3. The van der Waals surface area contributed by atoms with Crippen molar-refractivity contribution in [3.63, 3.8) is 0 Å². The maximum Gasteiger partial charge on any atom is 0.419 e. The van der Waals surface area contributed by atoms with Crippen LogP contribution in [0, 0.1) is 5.92 Å². The van der Waals surface area contributed by atoms with Gasteiger partial charge in [-0.3, -0.25) is 4.57 Å². The van der Waals surface area contributed by atoms with Crippen LogP contribution in [-0.2, 0) is 6.54 Å². The van der Waals surface area contributed by atoms with Crippen LogP contribution in [0.3, 0.4) is 0 Å². The van der Waals surface area contributed by atoms with Crippen molar-refractivity contribution >= 4 is 23.7 Å². The Kier molecular flexibility index (Phi) is 3.94. The number of thiol groups is 1. The average molecular weight is 251 g/mol. The lowest BCUT2D eigenvalue weighted by Gasteiger charge is -2.13. The van der Waals surface area contributed by atoms with Crippen molar-refractivity contribution in [1.82, 2.24) is 4.57 Å². The topological polar surface area (TPSA) is 35.1 Å². The molecule has 3 nitrogen and oxygen atoms in total. The quantitative estimate of drug-likeness (QED) is 0.829. The first-order valence-electron chi connectivity index (χ1n) is 5.95. The lowest BCUT2D eigenvalue weighted by atomic mass is 10.1. The van der Waals surface area contributed by atoms with Crippen molar-refractivity contribution in [1.29, 1.82) is 0 Å². The monoisotopic (exact) mass is 251 g/mol. The minimum Gasteiger partial charge on any atom is -0.408 e. The maximum absolute atomic E-state index is 11.8. The number of fused-ring (bicyclic) bond motifs is 1. The van der Waals surface area contributed by atoms with E-state index in [9.17, 15) is 4.79 Å². The van der Waals surface area contributed by atoms with Gasteiger partial charge in [0.15, 0.2) is 5.58 Å². The van der Waals surface area contributed by atoms with Gasteiger partial charge in [0.05, 0.1) is 5.52 Å². The molecule has 1 aromatic carbocycles. The molecule has 2 aromatic rings. The number of oxazole rings is 1. The fourth-order valence-corrected chi connectivity index (χ4v) is 2.39. The molecule has 1 unspecified atom stereocenters. The van der Waals surface area contributed by atoms with Crippen molar-refractivity contribution in [2.75, 3.05) is 5.75 Å². The van der Waals surface area contributed by atoms with Crippen LogP contribution in [-0.4, -0.2) is 10.3 Å². The molecule has 0 saturated heterocycles. The van der Waals surface area contributed by atoms with Crippen LogP contribution in [0.25, 0.3) is 11.1 Å². The Morgan fingerprint density at radius 3 is 2.88 bits per heavy atom. The van der Waals surface area contributed by atoms with Gasteiger partial charge in [0.2, 0.25) is 0 Å². The van der Waals surface area contributed by atoms with E-state index in [-0.39, 0.29) is 5.76 Å². The normalized spacial score (nSPS) is 13.1. The predicted molar refractivity (Wildman–Crippen MR) is 72.7 cm³/mol. The number of hydrogen-bond acceptors (Lipinski definition) is 3. The second-order valence-electron chi connectivity index (χ2n) is 4.28. The summed E-state index contributed by atoms with van der Waals surface area (Å²) in [6.07, 6.45) is 2.19. The lowest BCUT2D eigenvalue weighted by molar-refractivity contribution is 0.422. The summed E-state index contributed by atoms with van der Waals surface area (Å²) in [7, 11) is 0. The van der Waals surface area contributed by atoms with E-state index < -0.39 is 0 Å². The smallest absolute Gasteiger partial charge is 0.408 e. The molecule has 0 bridgehead atoms. The van der Waals surface area contributed by atoms with Crippen LogP contribution in [0.2, 0.25) is 0 Å². The van der Waals surface area contributed by atoms with Gasteiger partial charge in [0.25, 0.3) is 0 Å². The molecule has 0 aliphatic heterocycles. The van der Waals surface area contributed by atoms with Crippen LogP contribution < -0.4 is 5.76 Å². The van der Waals surface area contributed by atoms with Gasteiger partial charge in [-0.15, -0.1) is 0 Å². The Bertz CT molecular complexity index is 544. The van der Waals surface area contributed by atoms with Gasteiger partial charge in [0, 0.05) is 6.54 Å². The van der Waals surface area contributed by atoms with E-state index in [1.54, 1.807) is 4.57 Å². The maximum atomic E-state index is 11.8. The number of rotatable bonds is 5. The Hall–Kier alpha value is -1.16. The van der Waals surface area contributed by atoms with Gasteiger partial charge in [-0.05, 0) is 30.2 Å². The van der Waals surface area contributed by atoms with Gasteiger partial charge in [0.1, 0.15) is 0 Å².